The third kappa shape index (κ3) is 5.44. The lowest BCUT2D eigenvalue weighted by Crippen LogP contribution is -2.59. The maximum absolute atomic E-state index is 13.5. The van der Waals surface area contributed by atoms with E-state index >= 15 is 0 Å². The van der Waals surface area contributed by atoms with Crippen LogP contribution < -0.4 is 15.0 Å². The lowest BCUT2D eigenvalue weighted by molar-refractivity contribution is -0.274. The number of rotatable bonds is 6. The minimum atomic E-state index is -4.93. The van der Waals surface area contributed by atoms with Crippen LogP contribution in [0.15, 0.2) is 36.4 Å². The number of alkyl halides is 5. The Balaban J connectivity index is 1.29. The van der Waals surface area contributed by atoms with Crippen LogP contribution in [0.25, 0.3) is 0 Å². The number of carbonyl (C=O) groups is 1. The molecule has 206 valence electrons. The number of hydrogen-bond acceptors (Lipinski definition) is 5. The van der Waals surface area contributed by atoms with Crippen LogP contribution in [0, 0.1) is 0 Å². The van der Waals surface area contributed by atoms with Crippen LogP contribution >= 0.6 is 0 Å². The minimum absolute atomic E-state index is 0.0726. The molecule has 6 nitrogen and oxygen atoms in total. The van der Waals surface area contributed by atoms with Crippen molar-refractivity contribution < 1.29 is 36.2 Å². The number of benzene rings is 2. The zero-order chi connectivity index (χ0) is 27.5. The Hall–Kier alpha value is -2.92. The first kappa shape index (κ1) is 26.7. The molecule has 3 aliphatic heterocycles. The highest BCUT2D eigenvalue weighted by Gasteiger charge is 2.44. The van der Waals surface area contributed by atoms with Gasteiger partial charge in [-0.25, -0.2) is 8.78 Å². The van der Waals surface area contributed by atoms with Crippen molar-refractivity contribution in [3.63, 3.8) is 0 Å². The molecule has 2 aromatic carbocycles. The quantitative estimate of drug-likeness (QED) is 0.501. The summed E-state index contributed by atoms with van der Waals surface area (Å²) in [6.07, 6.45) is -5.11. The first-order chi connectivity index (χ1) is 17.7. The van der Waals surface area contributed by atoms with Gasteiger partial charge in [0.25, 0.3) is 11.8 Å². The van der Waals surface area contributed by atoms with Crippen molar-refractivity contribution in [3.8, 4) is 5.75 Å². The summed E-state index contributed by atoms with van der Waals surface area (Å²) in [5.41, 5.74) is 2.48. The number of ether oxygens (including phenoxy) is 2. The number of nitrogens with zero attached hydrogens (tertiary/aromatic N) is 2. The van der Waals surface area contributed by atoms with Gasteiger partial charge in [0.1, 0.15) is 5.75 Å². The molecule has 0 radical (unpaired) electrons. The van der Waals surface area contributed by atoms with Gasteiger partial charge in [0, 0.05) is 55.0 Å². The predicted molar refractivity (Wildman–Crippen MR) is 130 cm³/mol. The standard InChI is InChI=1S/C27H30F5N3O3/c1-16(33-24(36)17-4-7-22-18(10-17)14-37-25(22,2)3)21-6-5-19(11-23(21)38-27(30,31)32)35-12-20(13-35)34-9-8-26(28,29)15-34/h4-7,10-11,16,20H,8-9,12-15H2,1-3H3,(H,33,36)/t16-/m0/s1. The molecule has 2 saturated heterocycles. The molecule has 0 aliphatic carbocycles. The van der Waals surface area contributed by atoms with E-state index in [1.165, 1.54) is 12.1 Å². The fraction of sp³-hybridized carbons (Fsp3) is 0.519. The Kier molecular flexibility index (Phi) is 6.58. The topological polar surface area (TPSA) is 54.0 Å². The summed E-state index contributed by atoms with van der Waals surface area (Å²) in [5, 5.41) is 2.76. The van der Waals surface area contributed by atoms with Gasteiger partial charge < -0.3 is 19.7 Å². The van der Waals surface area contributed by atoms with Gasteiger partial charge in [0.15, 0.2) is 0 Å². The maximum atomic E-state index is 13.5. The second-order valence-electron chi connectivity index (χ2n) is 10.8. The number of halogens is 5. The Morgan fingerprint density at radius 1 is 1.16 bits per heavy atom. The second kappa shape index (κ2) is 9.37. The number of carbonyl (C=O) groups excluding carboxylic acids is 1. The number of amides is 1. The Bertz CT molecular complexity index is 1230. The molecule has 2 fully saturated rings. The highest BCUT2D eigenvalue weighted by atomic mass is 19.4. The van der Waals surface area contributed by atoms with Crippen LogP contribution in [0.4, 0.5) is 27.6 Å². The van der Waals surface area contributed by atoms with Gasteiger partial charge >= 0.3 is 6.36 Å². The minimum Gasteiger partial charge on any atom is -0.405 e. The van der Waals surface area contributed by atoms with E-state index in [0.29, 0.717) is 37.5 Å². The lowest BCUT2D eigenvalue weighted by atomic mass is 9.94. The van der Waals surface area contributed by atoms with Crippen LogP contribution in [0.3, 0.4) is 0 Å². The van der Waals surface area contributed by atoms with Crippen LogP contribution in [0.5, 0.6) is 5.75 Å². The van der Waals surface area contributed by atoms with E-state index in [-0.39, 0.29) is 24.6 Å². The molecule has 0 saturated carbocycles. The van der Waals surface area contributed by atoms with Gasteiger partial charge in [-0.1, -0.05) is 12.1 Å². The maximum Gasteiger partial charge on any atom is 0.573 e. The van der Waals surface area contributed by atoms with Crippen LogP contribution in [0.2, 0.25) is 0 Å². The van der Waals surface area contributed by atoms with Gasteiger partial charge in [-0.05, 0) is 50.1 Å². The molecule has 2 aromatic rings. The smallest absolute Gasteiger partial charge is 0.405 e. The molecule has 0 unspecified atom stereocenters. The van der Waals surface area contributed by atoms with Gasteiger partial charge in [0.05, 0.1) is 24.8 Å². The van der Waals surface area contributed by atoms with Gasteiger partial charge in [-0.3, -0.25) is 9.69 Å². The molecule has 5 rings (SSSR count). The molecule has 1 N–H and O–H groups in total. The molecule has 3 heterocycles. The summed E-state index contributed by atoms with van der Waals surface area (Å²) in [6.45, 7) is 6.73. The monoisotopic (exact) mass is 539 g/mol. The number of nitrogens with one attached hydrogen (secondary N) is 1. The largest absolute Gasteiger partial charge is 0.573 e. The molecule has 3 aliphatic rings. The number of hydrogen-bond donors (Lipinski definition) is 1. The first-order valence-electron chi connectivity index (χ1n) is 12.6. The summed E-state index contributed by atoms with van der Waals surface area (Å²) in [6, 6.07) is 8.82. The number of anilines is 1. The third-order valence-electron chi connectivity index (χ3n) is 7.58. The molecule has 0 aromatic heterocycles. The van der Waals surface area contributed by atoms with Gasteiger partial charge in [0.2, 0.25) is 0 Å². The summed E-state index contributed by atoms with van der Waals surface area (Å²) >= 11 is 0. The number of fused-ring (bicyclic) bond motifs is 1. The first-order valence-corrected chi connectivity index (χ1v) is 12.6. The van der Waals surface area contributed by atoms with Gasteiger partial charge in [-0.2, -0.15) is 0 Å². The summed E-state index contributed by atoms with van der Waals surface area (Å²) < 4.78 is 76.9. The zero-order valence-corrected chi connectivity index (χ0v) is 21.4. The number of likely N-dealkylation sites (tertiary alicyclic amines) is 1. The average molecular weight is 540 g/mol. The summed E-state index contributed by atoms with van der Waals surface area (Å²) in [7, 11) is 0. The van der Waals surface area contributed by atoms with E-state index < -0.39 is 35.6 Å². The Morgan fingerprint density at radius 2 is 1.89 bits per heavy atom. The zero-order valence-electron chi connectivity index (χ0n) is 21.4. The average Bonchev–Trinajstić information content (AvgIpc) is 3.29. The summed E-state index contributed by atoms with van der Waals surface area (Å²) in [4.78, 5) is 16.5. The van der Waals surface area contributed by atoms with E-state index in [4.69, 9.17) is 4.74 Å². The van der Waals surface area contributed by atoms with Crippen molar-refractivity contribution in [3.05, 3.63) is 58.7 Å². The fourth-order valence-corrected chi connectivity index (χ4v) is 5.40. The Morgan fingerprint density at radius 3 is 2.55 bits per heavy atom. The van der Waals surface area contributed by atoms with E-state index in [9.17, 15) is 26.7 Å². The lowest BCUT2D eigenvalue weighted by Gasteiger charge is -2.45. The van der Waals surface area contributed by atoms with E-state index in [2.05, 4.69) is 10.1 Å². The van der Waals surface area contributed by atoms with Crippen molar-refractivity contribution >= 4 is 11.6 Å². The van der Waals surface area contributed by atoms with Gasteiger partial charge in [-0.15, -0.1) is 13.2 Å². The van der Waals surface area contributed by atoms with E-state index in [1.54, 1.807) is 30.0 Å². The third-order valence-corrected chi connectivity index (χ3v) is 7.58. The molecular weight excluding hydrogens is 509 g/mol. The highest BCUT2D eigenvalue weighted by Crippen LogP contribution is 2.38. The van der Waals surface area contributed by atoms with Crippen LogP contribution in [0.1, 0.15) is 60.3 Å². The molecule has 11 heteroatoms. The predicted octanol–water partition coefficient (Wildman–Crippen LogP) is 5.37. The normalized spacial score (nSPS) is 21.6. The van der Waals surface area contributed by atoms with E-state index in [1.807, 2.05) is 24.8 Å². The van der Waals surface area contributed by atoms with Crippen molar-refractivity contribution in [1.29, 1.82) is 0 Å². The molecule has 1 atom stereocenters. The van der Waals surface area contributed by atoms with Crippen molar-refractivity contribution in [2.24, 2.45) is 0 Å². The van der Waals surface area contributed by atoms with Crippen molar-refractivity contribution in [2.75, 3.05) is 31.1 Å². The van der Waals surface area contributed by atoms with Crippen LogP contribution in [-0.4, -0.2) is 55.3 Å². The van der Waals surface area contributed by atoms with E-state index in [0.717, 1.165) is 11.1 Å². The summed E-state index contributed by atoms with van der Waals surface area (Å²) in [5.74, 6) is -3.54. The second-order valence-corrected chi connectivity index (χ2v) is 10.8. The molecular formula is C27H30F5N3O3. The molecule has 0 spiro atoms. The molecule has 38 heavy (non-hydrogen) atoms. The highest BCUT2D eigenvalue weighted by molar-refractivity contribution is 5.94. The Labute approximate surface area is 217 Å². The fourth-order valence-electron chi connectivity index (χ4n) is 5.40. The van der Waals surface area contributed by atoms with Crippen LogP contribution in [-0.2, 0) is 16.9 Å². The van der Waals surface area contributed by atoms with Crippen molar-refractivity contribution in [1.82, 2.24) is 10.2 Å². The molecule has 0 bridgehead atoms. The molecule has 1 amide bonds. The van der Waals surface area contributed by atoms with Crippen molar-refractivity contribution in [2.45, 2.75) is 63.8 Å². The SMILES string of the molecule is C[C@H](NC(=O)c1ccc2c(c1)COC2(C)C)c1ccc(N2CC(N3CCC(F)(F)C3)C2)cc1OC(F)(F)F.